The minimum atomic E-state index is 0.738. The van der Waals surface area contributed by atoms with Gasteiger partial charge in [-0.05, 0) is 12.1 Å². The number of benzene rings is 1. The molecule has 0 aliphatic rings. The topological polar surface area (TPSA) is 39.1 Å². The van der Waals surface area contributed by atoms with E-state index in [0.29, 0.717) is 0 Å². The fraction of sp³-hybridized carbons (Fsp3) is 0.400. The molecule has 1 aromatic heterocycles. The van der Waals surface area contributed by atoms with Crippen LogP contribution in [0.4, 0.5) is 0 Å². The zero-order valence-electron chi connectivity index (χ0n) is 11.8. The van der Waals surface area contributed by atoms with Crippen LogP contribution in [0.5, 0.6) is 0 Å². The van der Waals surface area contributed by atoms with Gasteiger partial charge in [0.05, 0.1) is 19.3 Å². The van der Waals surface area contributed by atoms with Gasteiger partial charge in [0.1, 0.15) is 0 Å². The monoisotopic (exact) mass is 291 g/mol. The van der Waals surface area contributed by atoms with Crippen LogP contribution in [0.1, 0.15) is 5.56 Å². The van der Waals surface area contributed by atoms with Crippen molar-refractivity contribution in [1.82, 2.24) is 15.1 Å². The average Bonchev–Trinajstić information content (AvgIpc) is 2.93. The number of hydrogen-bond donors (Lipinski definition) is 1. The molecule has 0 radical (unpaired) electrons. The van der Waals surface area contributed by atoms with Crippen molar-refractivity contribution in [3.8, 4) is 0 Å². The summed E-state index contributed by atoms with van der Waals surface area (Å²) in [4.78, 5) is 1.31. The van der Waals surface area contributed by atoms with E-state index in [1.807, 2.05) is 28.7 Å². The molecule has 1 heterocycles. The van der Waals surface area contributed by atoms with Gasteiger partial charge >= 0.3 is 0 Å². The van der Waals surface area contributed by atoms with E-state index in [-0.39, 0.29) is 0 Å². The molecule has 1 aromatic carbocycles. The standard InChI is InChI=1S/C15H21N3OS/c1-19-9-7-16-11-14-12-17-18(13-14)8-10-20-15-5-3-2-4-6-15/h2-6,12-13,16H,7-11H2,1H3. The summed E-state index contributed by atoms with van der Waals surface area (Å²) in [5, 5.41) is 7.69. The Hall–Kier alpha value is -1.30. The molecule has 4 nitrogen and oxygen atoms in total. The zero-order chi connectivity index (χ0) is 14.0. The van der Waals surface area contributed by atoms with Gasteiger partial charge in [-0.1, -0.05) is 18.2 Å². The van der Waals surface area contributed by atoms with Crippen molar-refractivity contribution < 1.29 is 4.74 Å². The van der Waals surface area contributed by atoms with Gasteiger partial charge in [0.25, 0.3) is 0 Å². The summed E-state index contributed by atoms with van der Waals surface area (Å²) in [6.45, 7) is 3.38. The lowest BCUT2D eigenvalue weighted by molar-refractivity contribution is 0.199. The zero-order valence-corrected chi connectivity index (χ0v) is 12.6. The third-order valence-corrected chi connectivity index (χ3v) is 3.82. The summed E-state index contributed by atoms with van der Waals surface area (Å²) in [5.74, 6) is 1.03. The van der Waals surface area contributed by atoms with Gasteiger partial charge in [0.2, 0.25) is 0 Å². The average molecular weight is 291 g/mol. The highest BCUT2D eigenvalue weighted by atomic mass is 32.2. The summed E-state index contributed by atoms with van der Waals surface area (Å²) in [6, 6.07) is 10.5. The van der Waals surface area contributed by atoms with Crippen molar-refractivity contribution in [3.63, 3.8) is 0 Å². The quantitative estimate of drug-likeness (QED) is 0.569. The van der Waals surface area contributed by atoms with Crippen LogP contribution in [0.25, 0.3) is 0 Å². The van der Waals surface area contributed by atoms with E-state index in [1.165, 1.54) is 10.5 Å². The summed E-state index contributed by atoms with van der Waals surface area (Å²) in [6.07, 6.45) is 4.03. The van der Waals surface area contributed by atoms with Crippen LogP contribution in [-0.4, -0.2) is 35.8 Å². The molecule has 0 atom stereocenters. The molecule has 2 aromatic rings. The van der Waals surface area contributed by atoms with Gasteiger partial charge in [-0.2, -0.15) is 5.10 Å². The minimum absolute atomic E-state index is 0.738. The molecule has 0 spiro atoms. The van der Waals surface area contributed by atoms with Crippen LogP contribution in [0.15, 0.2) is 47.6 Å². The molecular formula is C15H21N3OS. The molecule has 1 N–H and O–H groups in total. The SMILES string of the molecule is COCCNCc1cnn(CCSc2ccccc2)c1. The van der Waals surface area contributed by atoms with E-state index in [2.05, 4.69) is 40.9 Å². The van der Waals surface area contributed by atoms with Crippen molar-refractivity contribution in [2.45, 2.75) is 18.0 Å². The fourth-order valence-electron chi connectivity index (χ4n) is 1.80. The smallest absolute Gasteiger partial charge is 0.0587 e. The van der Waals surface area contributed by atoms with Gasteiger partial charge in [-0.25, -0.2) is 0 Å². The van der Waals surface area contributed by atoms with Gasteiger partial charge in [-0.3, -0.25) is 4.68 Å². The molecular weight excluding hydrogens is 270 g/mol. The number of hydrogen-bond acceptors (Lipinski definition) is 4. The fourth-order valence-corrected chi connectivity index (χ4v) is 2.66. The maximum atomic E-state index is 4.99. The van der Waals surface area contributed by atoms with Gasteiger partial charge in [0.15, 0.2) is 0 Å². The predicted molar refractivity (Wildman–Crippen MR) is 83.0 cm³/mol. The van der Waals surface area contributed by atoms with Crippen molar-refractivity contribution in [2.75, 3.05) is 26.0 Å². The number of rotatable bonds is 9. The van der Waals surface area contributed by atoms with Crippen molar-refractivity contribution in [2.24, 2.45) is 0 Å². The van der Waals surface area contributed by atoms with Gasteiger partial charge < -0.3 is 10.1 Å². The number of nitrogens with zero attached hydrogens (tertiary/aromatic N) is 2. The van der Waals surface area contributed by atoms with E-state index in [1.54, 1.807) is 7.11 Å². The van der Waals surface area contributed by atoms with Crippen LogP contribution in [-0.2, 0) is 17.8 Å². The second kappa shape index (κ2) is 8.79. The van der Waals surface area contributed by atoms with E-state index in [0.717, 1.165) is 32.0 Å². The molecule has 0 aliphatic carbocycles. The Balaban J connectivity index is 1.67. The van der Waals surface area contributed by atoms with Crippen LogP contribution in [0.2, 0.25) is 0 Å². The highest BCUT2D eigenvalue weighted by molar-refractivity contribution is 7.99. The Kier molecular flexibility index (Phi) is 6.63. The third kappa shape index (κ3) is 5.36. The van der Waals surface area contributed by atoms with Crippen molar-refractivity contribution >= 4 is 11.8 Å². The summed E-state index contributed by atoms with van der Waals surface area (Å²) in [7, 11) is 1.71. The van der Waals surface area contributed by atoms with Gasteiger partial charge in [0, 0.05) is 42.6 Å². The number of thioether (sulfide) groups is 1. The molecule has 108 valence electrons. The van der Waals surface area contributed by atoms with Crippen LogP contribution in [0, 0.1) is 0 Å². The first kappa shape index (κ1) is 15.1. The summed E-state index contributed by atoms with van der Waals surface area (Å²) < 4.78 is 7.00. The van der Waals surface area contributed by atoms with E-state index in [9.17, 15) is 0 Å². The molecule has 0 aliphatic heterocycles. The first-order chi connectivity index (χ1) is 9.88. The molecule has 0 saturated heterocycles. The van der Waals surface area contributed by atoms with Crippen LogP contribution < -0.4 is 5.32 Å². The van der Waals surface area contributed by atoms with Crippen molar-refractivity contribution in [3.05, 3.63) is 48.3 Å². The highest BCUT2D eigenvalue weighted by Gasteiger charge is 1.99. The Bertz CT molecular complexity index is 487. The number of methoxy groups -OCH3 is 1. The lowest BCUT2D eigenvalue weighted by Crippen LogP contribution is -2.18. The summed E-state index contributed by atoms with van der Waals surface area (Å²) >= 11 is 1.86. The Morgan fingerprint density at radius 2 is 2.15 bits per heavy atom. The normalized spacial score (nSPS) is 10.8. The van der Waals surface area contributed by atoms with E-state index in [4.69, 9.17) is 4.74 Å². The maximum absolute atomic E-state index is 4.99. The van der Waals surface area contributed by atoms with E-state index >= 15 is 0 Å². The Morgan fingerprint density at radius 1 is 1.30 bits per heavy atom. The maximum Gasteiger partial charge on any atom is 0.0587 e. The minimum Gasteiger partial charge on any atom is -0.383 e. The third-order valence-electron chi connectivity index (χ3n) is 2.83. The Labute approximate surface area is 124 Å². The largest absolute Gasteiger partial charge is 0.383 e. The van der Waals surface area contributed by atoms with Gasteiger partial charge in [-0.15, -0.1) is 11.8 Å². The molecule has 0 unspecified atom stereocenters. The molecule has 2 rings (SSSR count). The van der Waals surface area contributed by atoms with Crippen LogP contribution in [0.3, 0.4) is 0 Å². The number of aromatic nitrogens is 2. The molecule has 5 heteroatoms. The molecule has 0 saturated carbocycles. The number of nitrogens with one attached hydrogen (secondary N) is 1. The molecule has 0 fully saturated rings. The second-order valence-electron chi connectivity index (χ2n) is 4.44. The second-order valence-corrected chi connectivity index (χ2v) is 5.61. The Morgan fingerprint density at radius 3 is 2.95 bits per heavy atom. The highest BCUT2D eigenvalue weighted by Crippen LogP contribution is 2.16. The first-order valence-corrected chi connectivity index (χ1v) is 7.76. The lowest BCUT2D eigenvalue weighted by Gasteiger charge is -2.02. The molecule has 0 bridgehead atoms. The lowest BCUT2D eigenvalue weighted by atomic mass is 10.3. The van der Waals surface area contributed by atoms with Crippen molar-refractivity contribution in [1.29, 1.82) is 0 Å². The van der Waals surface area contributed by atoms with E-state index < -0.39 is 0 Å². The number of aryl methyl sites for hydroxylation is 1. The first-order valence-electron chi connectivity index (χ1n) is 6.77. The summed E-state index contributed by atoms with van der Waals surface area (Å²) in [5.41, 5.74) is 1.21. The predicted octanol–water partition coefficient (Wildman–Crippen LogP) is 2.41. The van der Waals surface area contributed by atoms with Crippen LogP contribution >= 0.6 is 11.8 Å². The number of ether oxygens (including phenoxy) is 1. The molecule has 20 heavy (non-hydrogen) atoms. The molecule has 0 amide bonds.